The van der Waals surface area contributed by atoms with Crippen molar-refractivity contribution >= 4 is 12.0 Å². The van der Waals surface area contributed by atoms with Gasteiger partial charge in [0.1, 0.15) is 0 Å². The summed E-state index contributed by atoms with van der Waals surface area (Å²) in [5, 5.41) is 8.95. The molecule has 0 spiro atoms. The van der Waals surface area contributed by atoms with Gasteiger partial charge in [-0.15, -0.1) is 0 Å². The van der Waals surface area contributed by atoms with Crippen molar-refractivity contribution < 1.29 is 24.2 Å². The van der Waals surface area contributed by atoms with Crippen molar-refractivity contribution in [2.45, 2.75) is 25.5 Å². The minimum Gasteiger partial charge on any atom is -0.479 e. The largest absolute Gasteiger partial charge is 0.479 e. The highest BCUT2D eigenvalue weighted by Crippen LogP contribution is 2.15. The monoisotopic (exact) mass is 272 g/mol. The first-order chi connectivity index (χ1) is 9.13. The summed E-state index contributed by atoms with van der Waals surface area (Å²) >= 11 is 0. The maximum Gasteiger partial charge on any atom is 0.334 e. The number of nitrogens with zero attached hydrogens (tertiary/aromatic N) is 2. The molecule has 2 fully saturated rings. The predicted octanol–water partition coefficient (Wildman–Crippen LogP) is 0.00260. The van der Waals surface area contributed by atoms with Crippen LogP contribution in [0.2, 0.25) is 0 Å². The lowest BCUT2D eigenvalue weighted by Gasteiger charge is -2.40. The number of hydrogen-bond acceptors (Lipinski definition) is 4. The van der Waals surface area contributed by atoms with Crippen LogP contribution in [-0.4, -0.2) is 78.5 Å². The van der Waals surface area contributed by atoms with E-state index in [9.17, 15) is 9.59 Å². The molecule has 2 heterocycles. The molecular weight excluding hydrogens is 252 g/mol. The van der Waals surface area contributed by atoms with Gasteiger partial charge < -0.3 is 24.4 Å². The zero-order chi connectivity index (χ0) is 13.8. The highest BCUT2D eigenvalue weighted by Gasteiger charge is 2.34. The molecule has 2 aliphatic rings. The van der Waals surface area contributed by atoms with Gasteiger partial charge >= 0.3 is 12.0 Å². The lowest BCUT2D eigenvalue weighted by molar-refractivity contribution is -0.154. The Morgan fingerprint density at radius 1 is 1.32 bits per heavy atom. The van der Waals surface area contributed by atoms with Gasteiger partial charge in [-0.25, -0.2) is 9.59 Å². The Hall–Kier alpha value is -1.34. The number of urea groups is 1. The predicted molar refractivity (Wildman–Crippen MR) is 65.9 cm³/mol. The van der Waals surface area contributed by atoms with E-state index in [0.29, 0.717) is 26.3 Å². The lowest BCUT2D eigenvalue weighted by atomic mass is 10.2. The number of ether oxygens (including phenoxy) is 2. The fourth-order valence-electron chi connectivity index (χ4n) is 2.40. The van der Waals surface area contributed by atoms with E-state index < -0.39 is 12.1 Å². The van der Waals surface area contributed by atoms with Crippen molar-refractivity contribution in [1.29, 1.82) is 0 Å². The van der Waals surface area contributed by atoms with Crippen LogP contribution in [0.25, 0.3) is 0 Å². The molecule has 19 heavy (non-hydrogen) atoms. The van der Waals surface area contributed by atoms with Gasteiger partial charge in [0.15, 0.2) is 6.10 Å². The second-order valence-electron chi connectivity index (χ2n) is 4.76. The summed E-state index contributed by atoms with van der Waals surface area (Å²) in [6.45, 7) is 4.48. The second kappa shape index (κ2) is 6.21. The number of aliphatic carboxylic acids is 1. The molecule has 0 aromatic heterocycles. The first-order valence-corrected chi connectivity index (χ1v) is 6.61. The number of amides is 2. The van der Waals surface area contributed by atoms with Crippen LogP contribution in [0.5, 0.6) is 0 Å². The van der Waals surface area contributed by atoms with Crippen molar-refractivity contribution in [3.05, 3.63) is 0 Å². The molecular formula is C12H20N2O5. The van der Waals surface area contributed by atoms with Crippen LogP contribution in [0.1, 0.15) is 13.3 Å². The molecule has 7 heteroatoms. The molecule has 7 nitrogen and oxygen atoms in total. The van der Waals surface area contributed by atoms with Gasteiger partial charge in [0.05, 0.1) is 32.4 Å². The Balaban J connectivity index is 1.99. The molecule has 0 aromatic rings. The average molecular weight is 272 g/mol. The van der Waals surface area contributed by atoms with Gasteiger partial charge in [-0.3, -0.25) is 0 Å². The minimum atomic E-state index is -1.02. The number of carboxylic acid groups (broad SMARTS) is 1. The molecule has 0 aliphatic carbocycles. The molecule has 2 unspecified atom stereocenters. The average Bonchev–Trinajstić information content (AvgIpc) is 2.46. The molecule has 0 saturated carbocycles. The Morgan fingerprint density at radius 2 is 2.11 bits per heavy atom. The Kier molecular flexibility index (Phi) is 4.60. The SMILES string of the molecule is CCC1COCCN1C(=O)N1CCOC(C(=O)O)C1. The molecule has 1 N–H and O–H groups in total. The maximum absolute atomic E-state index is 12.4. The van der Waals surface area contributed by atoms with E-state index in [0.717, 1.165) is 6.42 Å². The fraction of sp³-hybridized carbons (Fsp3) is 0.833. The quantitative estimate of drug-likeness (QED) is 0.765. The van der Waals surface area contributed by atoms with E-state index in [4.69, 9.17) is 14.6 Å². The molecule has 0 aromatic carbocycles. The molecule has 0 radical (unpaired) electrons. The third kappa shape index (κ3) is 3.16. The van der Waals surface area contributed by atoms with Gasteiger partial charge in [-0.1, -0.05) is 6.92 Å². The van der Waals surface area contributed by atoms with Crippen LogP contribution < -0.4 is 0 Å². The smallest absolute Gasteiger partial charge is 0.334 e. The Bertz CT molecular complexity index is 349. The third-order valence-electron chi connectivity index (χ3n) is 3.56. The number of carbonyl (C=O) groups excluding carboxylic acids is 1. The van der Waals surface area contributed by atoms with Crippen LogP contribution >= 0.6 is 0 Å². The third-order valence-corrected chi connectivity index (χ3v) is 3.56. The summed E-state index contributed by atoms with van der Waals surface area (Å²) in [4.78, 5) is 26.7. The van der Waals surface area contributed by atoms with Crippen molar-refractivity contribution in [1.82, 2.24) is 9.80 Å². The molecule has 0 bridgehead atoms. The van der Waals surface area contributed by atoms with Gasteiger partial charge in [-0.05, 0) is 6.42 Å². The highest BCUT2D eigenvalue weighted by atomic mass is 16.5. The lowest BCUT2D eigenvalue weighted by Crippen LogP contribution is -2.57. The highest BCUT2D eigenvalue weighted by molar-refractivity contribution is 5.78. The van der Waals surface area contributed by atoms with Crippen LogP contribution in [0.4, 0.5) is 4.79 Å². The number of carboxylic acids is 1. The molecule has 2 atom stereocenters. The zero-order valence-electron chi connectivity index (χ0n) is 11.1. The topological polar surface area (TPSA) is 79.3 Å². The molecule has 2 rings (SSSR count). The van der Waals surface area contributed by atoms with E-state index in [-0.39, 0.29) is 25.2 Å². The van der Waals surface area contributed by atoms with Crippen LogP contribution in [0.3, 0.4) is 0 Å². The van der Waals surface area contributed by atoms with E-state index in [2.05, 4.69) is 0 Å². The van der Waals surface area contributed by atoms with Crippen LogP contribution in [0, 0.1) is 0 Å². The minimum absolute atomic E-state index is 0.0763. The molecule has 2 amide bonds. The molecule has 2 saturated heterocycles. The van der Waals surface area contributed by atoms with E-state index >= 15 is 0 Å². The summed E-state index contributed by atoms with van der Waals surface area (Å²) in [6, 6.07) is -0.0305. The van der Waals surface area contributed by atoms with Crippen LogP contribution in [0.15, 0.2) is 0 Å². The number of hydrogen-bond donors (Lipinski definition) is 1. The summed E-state index contributed by atoms with van der Waals surface area (Å²) < 4.78 is 10.5. The molecule has 108 valence electrons. The first kappa shape index (κ1) is 14.1. The Labute approximate surface area is 112 Å². The zero-order valence-corrected chi connectivity index (χ0v) is 11.1. The van der Waals surface area contributed by atoms with Crippen molar-refractivity contribution in [2.24, 2.45) is 0 Å². The molecule has 2 aliphatic heterocycles. The first-order valence-electron chi connectivity index (χ1n) is 6.61. The number of rotatable bonds is 2. The van der Waals surface area contributed by atoms with E-state index in [1.54, 1.807) is 9.80 Å². The van der Waals surface area contributed by atoms with E-state index in [1.807, 2.05) is 6.92 Å². The maximum atomic E-state index is 12.4. The second-order valence-corrected chi connectivity index (χ2v) is 4.76. The number of carbonyl (C=O) groups is 2. The van der Waals surface area contributed by atoms with Gasteiger partial charge in [0, 0.05) is 13.1 Å². The van der Waals surface area contributed by atoms with Crippen molar-refractivity contribution in [3.63, 3.8) is 0 Å². The van der Waals surface area contributed by atoms with Gasteiger partial charge in [0.25, 0.3) is 0 Å². The van der Waals surface area contributed by atoms with Gasteiger partial charge in [0.2, 0.25) is 0 Å². The number of morpholine rings is 2. The van der Waals surface area contributed by atoms with Gasteiger partial charge in [-0.2, -0.15) is 0 Å². The summed E-state index contributed by atoms with van der Waals surface area (Å²) in [5.41, 5.74) is 0. The van der Waals surface area contributed by atoms with E-state index in [1.165, 1.54) is 0 Å². The summed E-state index contributed by atoms with van der Waals surface area (Å²) in [6.07, 6.45) is -0.0860. The Morgan fingerprint density at radius 3 is 2.79 bits per heavy atom. The summed E-state index contributed by atoms with van der Waals surface area (Å²) in [7, 11) is 0. The van der Waals surface area contributed by atoms with Crippen molar-refractivity contribution in [2.75, 3.05) is 39.5 Å². The van der Waals surface area contributed by atoms with Crippen LogP contribution in [-0.2, 0) is 14.3 Å². The fourth-order valence-corrected chi connectivity index (χ4v) is 2.40. The standard InChI is InChI=1S/C12H20N2O5/c1-2-9-8-18-5-4-14(9)12(17)13-3-6-19-10(7-13)11(15)16/h9-10H,2-8H2,1H3,(H,15,16). The normalized spacial score (nSPS) is 28.3. The summed E-state index contributed by atoms with van der Waals surface area (Å²) in [5.74, 6) is -1.02. The van der Waals surface area contributed by atoms with Crippen molar-refractivity contribution in [3.8, 4) is 0 Å².